The van der Waals surface area contributed by atoms with E-state index < -0.39 is 0 Å². The van der Waals surface area contributed by atoms with Crippen LogP contribution in [0.4, 0.5) is 0 Å². The number of H-pyrrole nitrogens is 1. The summed E-state index contributed by atoms with van der Waals surface area (Å²) in [6, 6.07) is 4.94. The van der Waals surface area contributed by atoms with Gasteiger partial charge in [-0.05, 0) is 61.4 Å². The van der Waals surface area contributed by atoms with Crippen LogP contribution in [0.3, 0.4) is 0 Å². The van der Waals surface area contributed by atoms with Gasteiger partial charge in [-0.3, -0.25) is 0 Å². The second-order valence-electron chi connectivity index (χ2n) is 7.21. The molecule has 0 amide bonds. The second-order valence-corrected chi connectivity index (χ2v) is 8.13. The zero-order valence-corrected chi connectivity index (χ0v) is 15.0. The van der Waals surface area contributed by atoms with Crippen LogP contribution in [0.15, 0.2) is 16.6 Å². The van der Waals surface area contributed by atoms with Gasteiger partial charge in [-0.2, -0.15) is 0 Å². The molecule has 3 rings (SSSR count). The van der Waals surface area contributed by atoms with Gasteiger partial charge in [0.25, 0.3) is 0 Å². The molecule has 1 atom stereocenters. The lowest BCUT2D eigenvalue weighted by molar-refractivity contribution is 0.257. The predicted octanol–water partition coefficient (Wildman–Crippen LogP) is 5.25. The van der Waals surface area contributed by atoms with Crippen LogP contribution >= 0.6 is 15.9 Å². The van der Waals surface area contributed by atoms with Crippen molar-refractivity contribution in [2.45, 2.75) is 53.0 Å². The van der Waals surface area contributed by atoms with Crippen molar-refractivity contribution in [3.8, 4) is 0 Å². The first-order chi connectivity index (χ1) is 9.91. The topological polar surface area (TPSA) is 27.8 Å². The number of aryl methyl sites for hydroxylation is 1. The molecule has 0 radical (unpaired) electrons. The predicted molar refractivity (Wildman–Crippen MR) is 93.9 cm³/mol. The van der Waals surface area contributed by atoms with E-state index in [9.17, 15) is 0 Å². The largest absolute Gasteiger partial charge is 0.358 e. The van der Waals surface area contributed by atoms with Gasteiger partial charge in [-0.25, -0.2) is 0 Å². The fourth-order valence-corrected chi connectivity index (χ4v) is 4.31. The summed E-state index contributed by atoms with van der Waals surface area (Å²) in [6.45, 7) is 10.3. The van der Waals surface area contributed by atoms with E-state index in [1.807, 2.05) is 0 Å². The number of hydrogen-bond donors (Lipinski definition) is 2. The lowest BCUT2D eigenvalue weighted by Crippen LogP contribution is -2.33. The van der Waals surface area contributed by atoms with Gasteiger partial charge in [-0.15, -0.1) is 0 Å². The number of fused-ring (bicyclic) bond motifs is 3. The van der Waals surface area contributed by atoms with Crippen LogP contribution in [-0.2, 0) is 6.42 Å². The van der Waals surface area contributed by atoms with Crippen molar-refractivity contribution in [2.24, 2.45) is 5.41 Å². The Balaban J connectivity index is 2.17. The van der Waals surface area contributed by atoms with E-state index in [0.717, 1.165) is 13.0 Å². The molecule has 0 saturated carbocycles. The average molecular weight is 349 g/mol. The zero-order valence-electron chi connectivity index (χ0n) is 13.4. The second kappa shape index (κ2) is 5.44. The van der Waals surface area contributed by atoms with E-state index >= 15 is 0 Å². The normalized spacial score (nSPS) is 20.7. The summed E-state index contributed by atoms with van der Waals surface area (Å²) in [4.78, 5) is 3.71. The summed E-state index contributed by atoms with van der Waals surface area (Å²) >= 11 is 3.66. The summed E-state index contributed by atoms with van der Waals surface area (Å²) in [5.41, 5.74) is 5.91. The molecule has 0 saturated heterocycles. The lowest BCUT2D eigenvalue weighted by atomic mass is 9.74. The highest BCUT2D eigenvalue weighted by Crippen LogP contribution is 2.44. The summed E-state index contributed by atoms with van der Waals surface area (Å²) in [6.07, 6.45) is 3.52. The third-order valence-corrected chi connectivity index (χ3v) is 5.05. The van der Waals surface area contributed by atoms with Gasteiger partial charge < -0.3 is 10.3 Å². The van der Waals surface area contributed by atoms with Gasteiger partial charge in [-0.1, -0.05) is 36.7 Å². The van der Waals surface area contributed by atoms with Gasteiger partial charge in [0.15, 0.2) is 0 Å². The Morgan fingerprint density at radius 2 is 2.14 bits per heavy atom. The molecular weight excluding hydrogens is 324 g/mol. The molecule has 2 nitrogen and oxygen atoms in total. The number of rotatable bonds is 3. The fourth-order valence-electron chi connectivity index (χ4n) is 3.74. The molecule has 1 aliphatic rings. The molecule has 1 aromatic heterocycles. The molecule has 1 heterocycles. The van der Waals surface area contributed by atoms with E-state index in [1.165, 1.54) is 45.0 Å². The van der Waals surface area contributed by atoms with Crippen LogP contribution < -0.4 is 5.32 Å². The van der Waals surface area contributed by atoms with Gasteiger partial charge in [0.05, 0.1) is 0 Å². The van der Waals surface area contributed by atoms with E-state index in [1.54, 1.807) is 0 Å². The molecule has 0 aliphatic heterocycles. The molecule has 0 fully saturated rings. The highest BCUT2D eigenvalue weighted by molar-refractivity contribution is 9.10. The van der Waals surface area contributed by atoms with E-state index in [0.29, 0.717) is 11.5 Å². The van der Waals surface area contributed by atoms with Crippen molar-refractivity contribution >= 4 is 26.8 Å². The van der Waals surface area contributed by atoms with Gasteiger partial charge in [0.2, 0.25) is 0 Å². The Kier molecular flexibility index (Phi) is 3.91. The van der Waals surface area contributed by atoms with E-state index in [-0.39, 0.29) is 0 Å². The molecule has 2 aromatic rings. The molecule has 2 N–H and O–H groups in total. The quantitative estimate of drug-likeness (QED) is 0.778. The molecular formula is C18H25BrN2. The molecule has 21 heavy (non-hydrogen) atoms. The lowest BCUT2D eigenvalue weighted by Gasteiger charge is -2.36. The minimum Gasteiger partial charge on any atom is -0.358 e. The van der Waals surface area contributed by atoms with Crippen molar-refractivity contribution < 1.29 is 0 Å². The molecule has 0 bridgehead atoms. The fraction of sp³-hybridized carbons (Fsp3) is 0.556. The molecule has 0 spiro atoms. The van der Waals surface area contributed by atoms with Gasteiger partial charge >= 0.3 is 0 Å². The Labute approximate surface area is 135 Å². The Morgan fingerprint density at radius 3 is 2.86 bits per heavy atom. The maximum Gasteiger partial charge on any atom is 0.0490 e. The Morgan fingerprint density at radius 1 is 1.38 bits per heavy atom. The van der Waals surface area contributed by atoms with E-state index in [2.05, 4.69) is 66.1 Å². The van der Waals surface area contributed by atoms with Crippen molar-refractivity contribution in [3.63, 3.8) is 0 Å². The third-order valence-electron chi connectivity index (χ3n) is 4.59. The summed E-state index contributed by atoms with van der Waals surface area (Å²) in [5.74, 6) is 0. The van der Waals surface area contributed by atoms with E-state index in [4.69, 9.17) is 0 Å². The minimum absolute atomic E-state index is 0.352. The first-order valence-corrected chi connectivity index (χ1v) is 8.74. The average Bonchev–Trinajstić information content (AvgIpc) is 2.73. The smallest absolute Gasteiger partial charge is 0.0490 e. The monoisotopic (exact) mass is 348 g/mol. The van der Waals surface area contributed by atoms with Crippen molar-refractivity contribution in [3.05, 3.63) is 33.4 Å². The number of aromatic nitrogens is 1. The van der Waals surface area contributed by atoms with Gasteiger partial charge in [0, 0.05) is 27.1 Å². The Hall–Kier alpha value is -0.800. The summed E-state index contributed by atoms with van der Waals surface area (Å²) < 4.78 is 1.17. The molecule has 1 aliphatic carbocycles. The summed E-state index contributed by atoms with van der Waals surface area (Å²) in [7, 11) is 0. The van der Waals surface area contributed by atoms with Crippen LogP contribution in [0.1, 0.15) is 56.5 Å². The maximum atomic E-state index is 3.76. The first-order valence-electron chi connectivity index (χ1n) is 7.95. The van der Waals surface area contributed by atoms with Crippen LogP contribution in [0.25, 0.3) is 10.9 Å². The third kappa shape index (κ3) is 2.78. The number of aromatic amines is 1. The first kappa shape index (κ1) is 15.1. The number of benzene rings is 1. The van der Waals surface area contributed by atoms with Crippen molar-refractivity contribution in [2.75, 3.05) is 6.54 Å². The Bertz CT molecular complexity index is 669. The van der Waals surface area contributed by atoms with Crippen LogP contribution in [0, 0.1) is 12.3 Å². The zero-order chi connectivity index (χ0) is 15.2. The number of nitrogens with one attached hydrogen (secondary N) is 2. The van der Waals surface area contributed by atoms with Crippen LogP contribution in [0.2, 0.25) is 0 Å². The standard InChI is InChI=1S/C18H25BrN2/c1-5-6-20-14-9-18(3,4)10-15-16(14)13-8-12(19)7-11(2)17(13)21-15/h7-8,14,20-21H,5-6,9-10H2,1-4H3. The molecule has 3 heteroatoms. The van der Waals surface area contributed by atoms with Crippen molar-refractivity contribution in [1.82, 2.24) is 10.3 Å². The molecule has 114 valence electrons. The molecule has 1 unspecified atom stereocenters. The highest BCUT2D eigenvalue weighted by Gasteiger charge is 2.34. The minimum atomic E-state index is 0.352. The maximum absolute atomic E-state index is 3.76. The van der Waals surface area contributed by atoms with Crippen LogP contribution in [-0.4, -0.2) is 11.5 Å². The van der Waals surface area contributed by atoms with Crippen LogP contribution in [0.5, 0.6) is 0 Å². The number of halogens is 1. The van der Waals surface area contributed by atoms with Crippen molar-refractivity contribution in [1.29, 1.82) is 0 Å². The molecule has 1 aromatic carbocycles. The number of hydrogen-bond acceptors (Lipinski definition) is 1. The van der Waals surface area contributed by atoms with Gasteiger partial charge in [0.1, 0.15) is 0 Å². The highest BCUT2D eigenvalue weighted by atomic mass is 79.9. The SMILES string of the molecule is CCCNC1CC(C)(C)Cc2[nH]c3c(C)cc(Br)cc3c21. The summed E-state index contributed by atoms with van der Waals surface area (Å²) in [5, 5.41) is 5.15.